The molecule has 0 aliphatic heterocycles. The van der Waals surface area contributed by atoms with Gasteiger partial charge in [0, 0.05) is 6.07 Å². The molecule has 0 saturated carbocycles. The number of aromatic amines is 1. The molecule has 8 nitrogen and oxygen atoms in total. The van der Waals surface area contributed by atoms with Crippen molar-refractivity contribution >= 4 is 5.91 Å². The Bertz CT molecular complexity index is 745. The molecule has 3 heterocycles. The monoisotopic (exact) mass is 314 g/mol. The summed E-state index contributed by atoms with van der Waals surface area (Å²) in [6.07, 6.45) is 4.68. The summed E-state index contributed by atoms with van der Waals surface area (Å²) in [4.78, 5) is 16.3. The van der Waals surface area contributed by atoms with Gasteiger partial charge >= 0.3 is 0 Å². The highest BCUT2D eigenvalue weighted by atomic mass is 16.3. The van der Waals surface area contributed by atoms with Crippen molar-refractivity contribution in [1.82, 2.24) is 30.3 Å². The molecule has 0 saturated heterocycles. The maximum Gasteiger partial charge on any atom is 0.272 e. The van der Waals surface area contributed by atoms with Gasteiger partial charge in [0.2, 0.25) is 0 Å². The van der Waals surface area contributed by atoms with Crippen molar-refractivity contribution in [2.75, 3.05) is 0 Å². The summed E-state index contributed by atoms with van der Waals surface area (Å²) in [5.74, 6) is 0.643. The highest BCUT2D eigenvalue weighted by Crippen LogP contribution is 2.18. The molecule has 0 aliphatic carbocycles. The predicted molar refractivity (Wildman–Crippen MR) is 82.4 cm³/mol. The zero-order valence-corrected chi connectivity index (χ0v) is 12.9. The Hall–Kier alpha value is -2.90. The maximum atomic E-state index is 12.4. The summed E-state index contributed by atoms with van der Waals surface area (Å²) in [5, 5.41) is 13.9. The highest BCUT2D eigenvalue weighted by molar-refractivity contribution is 5.93. The van der Waals surface area contributed by atoms with E-state index in [-0.39, 0.29) is 17.9 Å². The molecular formula is C15H18N6O2. The number of nitrogens with one attached hydrogen (secondary N) is 2. The fourth-order valence-corrected chi connectivity index (χ4v) is 2.19. The zero-order chi connectivity index (χ0) is 16.2. The molecular weight excluding hydrogens is 296 g/mol. The first-order valence-electron chi connectivity index (χ1n) is 7.36. The number of hydrogen-bond acceptors (Lipinski definition) is 5. The predicted octanol–water partition coefficient (Wildman–Crippen LogP) is 1.72. The molecule has 23 heavy (non-hydrogen) atoms. The number of H-pyrrole nitrogens is 1. The van der Waals surface area contributed by atoms with Gasteiger partial charge in [0.1, 0.15) is 18.3 Å². The van der Waals surface area contributed by atoms with Gasteiger partial charge in [0.05, 0.1) is 18.8 Å². The molecule has 1 atom stereocenters. The van der Waals surface area contributed by atoms with Crippen molar-refractivity contribution in [1.29, 1.82) is 0 Å². The van der Waals surface area contributed by atoms with Crippen LogP contribution in [0.25, 0.3) is 11.5 Å². The zero-order valence-electron chi connectivity index (χ0n) is 12.9. The summed E-state index contributed by atoms with van der Waals surface area (Å²) in [6.45, 7) is 4.64. The third kappa shape index (κ3) is 3.47. The smallest absolute Gasteiger partial charge is 0.272 e. The molecule has 0 bridgehead atoms. The van der Waals surface area contributed by atoms with Gasteiger partial charge in [-0.3, -0.25) is 14.6 Å². The first-order valence-corrected chi connectivity index (χ1v) is 7.36. The summed E-state index contributed by atoms with van der Waals surface area (Å²) in [7, 11) is 0. The average molecular weight is 314 g/mol. The fraction of sp³-hybridized carbons (Fsp3) is 0.333. The van der Waals surface area contributed by atoms with Crippen LogP contribution in [0.5, 0.6) is 0 Å². The number of aromatic nitrogens is 5. The Labute approximate surface area is 132 Å². The minimum atomic E-state index is -0.238. The van der Waals surface area contributed by atoms with E-state index in [0.29, 0.717) is 23.7 Å². The number of carbonyl (C=O) groups excluding carboxylic acids is 1. The molecule has 2 N–H and O–H groups in total. The number of rotatable bonds is 6. The molecule has 0 aromatic carbocycles. The lowest BCUT2D eigenvalue weighted by atomic mass is 10.0. The molecule has 3 aromatic rings. The molecule has 0 spiro atoms. The minimum Gasteiger partial charge on any atom is -0.463 e. The van der Waals surface area contributed by atoms with E-state index in [1.165, 1.54) is 6.33 Å². The number of amides is 1. The van der Waals surface area contributed by atoms with Crippen LogP contribution in [0.2, 0.25) is 0 Å². The quantitative estimate of drug-likeness (QED) is 0.721. The third-order valence-corrected chi connectivity index (χ3v) is 3.57. The molecule has 1 unspecified atom stereocenters. The van der Waals surface area contributed by atoms with Gasteiger partial charge in [-0.25, -0.2) is 4.98 Å². The minimum absolute atomic E-state index is 0.0760. The van der Waals surface area contributed by atoms with Crippen LogP contribution >= 0.6 is 0 Å². The van der Waals surface area contributed by atoms with Gasteiger partial charge < -0.3 is 9.73 Å². The Balaban J connectivity index is 1.69. The van der Waals surface area contributed by atoms with Crippen LogP contribution in [0, 0.1) is 5.92 Å². The largest absolute Gasteiger partial charge is 0.463 e. The Morgan fingerprint density at radius 1 is 1.48 bits per heavy atom. The van der Waals surface area contributed by atoms with Crippen molar-refractivity contribution in [3.8, 4) is 11.5 Å². The van der Waals surface area contributed by atoms with Crippen molar-refractivity contribution in [2.24, 2.45) is 5.92 Å². The molecule has 0 radical (unpaired) electrons. The van der Waals surface area contributed by atoms with E-state index in [1.54, 1.807) is 35.5 Å². The van der Waals surface area contributed by atoms with Crippen molar-refractivity contribution < 1.29 is 9.21 Å². The number of furan rings is 1. The third-order valence-electron chi connectivity index (χ3n) is 3.57. The lowest BCUT2D eigenvalue weighted by Gasteiger charge is -2.21. The van der Waals surface area contributed by atoms with Gasteiger partial charge in [0.25, 0.3) is 5.91 Å². The second-order valence-electron chi connectivity index (χ2n) is 5.59. The SMILES string of the molecule is CC(C)C(Cn1cncn1)NC(=O)c1cc(-c2ccco2)[nH]n1. The summed E-state index contributed by atoms with van der Waals surface area (Å²) >= 11 is 0. The van der Waals surface area contributed by atoms with Crippen LogP contribution in [0.15, 0.2) is 41.5 Å². The normalized spacial score (nSPS) is 12.5. The van der Waals surface area contributed by atoms with Crippen molar-refractivity contribution in [3.05, 3.63) is 42.8 Å². The van der Waals surface area contributed by atoms with Gasteiger partial charge in [0.15, 0.2) is 11.5 Å². The summed E-state index contributed by atoms with van der Waals surface area (Å²) in [5.41, 5.74) is 0.984. The van der Waals surface area contributed by atoms with Crippen LogP contribution in [-0.4, -0.2) is 36.9 Å². The van der Waals surface area contributed by atoms with Crippen molar-refractivity contribution in [3.63, 3.8) is 0 Å². The van der Waals surface area contributed by atoms with E-state index in [0.717, 1.165) is 0 Å². The lowest BCUT2D eigenvalue weighted by molar-refractivity contribution is 0.0914. The Morgan fingerprint density at radius 2 is 2.35 bits per heavy atom. The second-order valence-corrected chi connectivity index (χ2v) is 5.59. The van der Waals surface area contributed by atoms with E-state index in [4.69, 9.17) is 4.42 Å². The van der Waals surface area contributed by atoms with E-state index < -0.39 is 0 Å². The second kappa shape index (κ2) is 6.47. The molecule has 120 valence electrons. The topological polar surface area (TPSA) is 102 Å². The van der Waals surface area contributed by atoms with Crippen LogP contribution < -0.4 is 5.32 Å². The van der Waals surface area contributed by atoms with E-state index in [9.17, 15) is 4.79 Å². The van der Waals surface area contributed by atoms with E-state index >= 15 is 0 Å². The first-order chi connectivity index (χ1) is 11.1. The number of hydrogen-bond donors (Lipinski definition) is 2. The highest BCUT2D eigenvalue weighted by Gasteiger charge is 2.20. The number of nitrogens with zero attached hydrogens (tertiary/aromatic N) is 4. The van der Waals surface area contributed by atoms with E-state index in [2.05, 4.69) is 25.6 Å². The maximum absolute atomic E-state index is 12.4. The van der Waals surface area contributed by atoms with Gasteiger partial charge in [-0.1, -0.05) is 13.8 Å². The van der Waals surface area contributed by atoms with E-state index in [1.807, 2.05) is 13.8 Å². The molecule has 0 aliphatic rings. The molecule has 3 rings (SSSR count). The lowest BCUT2D eigenvalue weighted by Crippen LogP contribution is -2.41. The standard InChI is InChI=1S/C15H18N6O2/c1-10(2)13(7-21-9-16-8-17-21)18-15(22)12-6-11(19-20-12)14-4-3-5-23-14/h3-6,8-10,13H,7H2,1-2H3,(H,18,22)(H,19,20). The van der Waals surface area contributed by atoms with Gasteiger partial charge in [-0.05, 0) is 18.1 Å². The van der Waals surface area contributed by atoms with Gasteiger partial charge in [-0.2, -0.15) is 10.2 Å². The molecule has 3 aromatic heterocycles. The van der Waals surface area contributed by atoms with Crippen LogP contribution in [-0.2, 0) is 6.54 Å². The molecule has 1 amide bonds. The first kappa shape index (κ1) is 15.0. The average Bonchev–Trinajstić information content (AvgIpc) is 3.27. The van der Waals surface area contributed by atoms with Crippen LogP contribution in [0.1, 0.15) is 24.3 Å². The van der Waals surface area contributed by atoms with Crippen molar-refractivity contribution in [2.45, 2.75) is 26.4 Å². The summed E-state index contributed by atoms with van der Waals surface area (Å²) < 4.78 is 6.98. The number of carbonyl (C=O) groups is 1. The molecule has 8 heteroatoms. The Morgan fingerprint density at radius 3 is 3.00 bits per heavy atom. The van der Waals surface area contributed by atoms with Crippen LogP contribution in [0.3, 0.4) is 0 Å². The Kier molecular flexibility index (Phi) is 4.22. The molecule has 0 fully saturated rings. The van der Waals surface area contributed by atoms with Gasteiger partial charge in [-0.15, -0.1) is 0 Å². The van der Waals surface area contributed by atoms with Crippen LogP contribution in [0.4, 0.5) is 0 Å². The fourth-order valence-electron chi connectivity index (χ4n) is 2.19. The summed E-state index contributed by atoms with van der Waals surface area (Å²) in [6, 6.07) is 5.17.